The molecule has 2 heterocycles. The van der Waals surface area contributed by atoms with Crippen LogP contribution in [0.3, 0.4) is 0 Å². The monoisotopic (exact) mass is 466 g/mol. The molecule has 4 rings (SSSR count). The molecule has 10 nitrogen and oxygen atoms in total. The number of nitrogens with zero attached hydrogens (tertiary/aromatic N) is 1. The van der Waals surface area contributed by atoms with Crippen LogP contribution in [0.2, 0.25) is 0 Å². The van der Waals surface area contributed by atoms with Crippen LogP contribution in [0, 0.1) is 0 Å². The van der Waals surface area contributed by atoms with Gasteiger partial charge in [-0.3, -0.25) is 19.3 Å². The lowest BCUT2D eigenvalue weighted by molar-refractivity contribution is 0.0474. The van der Waals surface area contributed by atoms with E-state index in [1.165, 1.54) is 50.6 Å². The topological polar surface area (TPSA) is 128 Å². The van der Waals surface area contributed by atoms with E-state index in [1.54, 1.807) is 0 Å². The van der Waals surface area contributed by atoms with Crippen LogP contribution in [0.4, 0.5) is 5.69 Å². The van der Waals surface area contributed by atoms with Gasteiger partial charge in [-0.2, -0.15) is 0 Å². The predicted octanol–water partition coefficient (Wildman–Crippen LogP) is 2.29. The first-order valence-electron chi connectivity index (χ1n) is 10.6. The normalized spacial score (nSPS) is 16.9. The smallest absolute Gasteiger partial charge is 0.339 e. The van der Waals surface area contributed by atoms with E-state index in [1.807, 2.05) is 0 Å². The van der Waals surface area contributed by atoms with Crippen LogP contribution in [0.5, 0.6) is 0 Å². The highest BCUT2D eigenvalue weighted by Gasteiger charge is 2.38. The standard InChI is InChI=1S/C24H22N2O8/c1-32-23(30)14-6-8-17(24(31)33-2)19(11-14)25-20(27)13-5-7-16-18(10-13)22(29)26(21(16)28)12-15-4-3-9-34-15/h5-8,10-11,15H,3-4,9,12H2,1-2H3,(H,25,27). The minimum atomic E-state index is -0.716. The third-order valence-corrected chi connectivity index (χ3v) is 5.74. The highest BCUT2D eigenvalue weighted by Crippen LogP contribution is 2.27. The van der Waals surface area contributed by atoms with Crippen molar-refractivity contribution in [3.05, 3.63) is 64.2 Å². The molecule has 1 N–H and O–H groups in total. The molecule has 1 atom stereocenters. The van der Waals surface area contributed by atoms with Gasteiger partial charge in [-0.1, -0.05) is 0 Å². The fourth-order valence-electron chi connectivity index (χ4n) is 3.96. The quantitative estimate of drug-likeness (QED) is 0.507. The molecule has 176 valence electrons. The van der Waals surface area contributed by atoms with E-state index >= 15 is 0 Å². The zero-order valence-corrected chi connectivity index (χ0v) is 18.6. The van der Waals surface area contributed by atoms with Crippen molar-refractivity contribution in [2.75, 3.05) is 32.7 Å². The number of ether oxygens (including phenoxy) is 3. The summed E-state index contributed by atoms with van der Waals surface area (Å²) in [6.45, 7) is 0.763. The van der Waals surface area contributed by atoms with Crippen LogP contribution in [0.1, 0.15) is 64.6 Å². The number of amides is 3. The van der Waals surface area contributed by atoms with Crippen molar-refractivity contribution in [3.8, 4) is 0 Å². The molecule has 2 aromatic carbocycles. The average Bonchev–Trinajstić information content (AvgIpc) is 3.45. The van der Waals surface area contributed by atoms with Crippen molar-refractivity contribution in [2.45, 2.75) is 18.9 Å². The zero-order chi connectivity index (χ0) is 24.4. The Morgan fingerprint density at radius 3 is 2.35 bits per heavy atom. The fraction of sp³-hybridized carbons (Fsp3) is 0.292. The minimum Gasteiger partial charge on any atom is -0.465 e. The molecular weight excluding hydrogens is 444 g/mol. The van der Waals surface area contributed by atoms with Gasteiger partial charge in [0, 0.05) is 12.2 Å². The van der Waals surface area contributed by atoms with Gasteiger partial charge in [0.15, 0.2) is 0 Å². The fourth-order valence-corrected chi connectivity index (χ4v) is 3.96. The molecule has 34 heavy (non-hydrogen) atoms. The molecule has 0 spiro atoms. The Morgan fingerprint density at radius 2 is 1.68 bits per heavy atom. The number of anilines is 1. The van der Waals surface area contributed by atoms with Crippen LogP contribution in [-0.2, 0) is 14.2 Å². The highest BCUT2D eigenvalue weighted by atomic mass is 16.5. The van der Waals surface area contributed by atoms with Gasteiger partial charge in [0.25, 0.3) is 17.7 Å². The Balaban J connectivity index is 1.59. The van der Waals surface area contributed by atoms with E-state index in [-0.39, 0.29) is 46.2 Å². The van der Waals surface area contributed by atoms with Crippen LogP contribution >= 0.6 is 0 Å². The maximum Gasteiger partial charge on any atom is 0.339 e. The van der Waals surface area contributed by atoms with Gasteiger partial charge in [0.05, 0.1) is 54.8 Å². The molecule has 3 amide bonds. The summed E-state index contributed by atoms with van der Waals surface area (Å²) in [6.07, 6.45) is 1.46. The molecule has 10 heteroatoms. The molecule has 0 radical (unpaired) electrons. The summed E-state index contributed by atoms with van der Waals surface area (Å²) in [5.41, 5.74) is 0.596. The van der Waals surface area contributed by atoms with Gasteiger partial charge in [0.2, 0.25) is 0 Å². The number of esters is 2. The van der Waals surface area contributed by atoms with E-state index in [9.17, 15) is 24.0 Å². The van der Waals surface area contributed by atoms with Crippen molar-refractivity contribution in [1.82, 2.24) is 4.90 Å². The van der Waals surface area contributed by atoms with Crippen molar-refractivity contribution in [1.29, 1.82) is 0 Å². The lowest BCUT2D eigenvalue weighted by atomic mass is 10.0. The molecule has 0 aliphatic carbocycles. The Bertz CT molecular complexity index is 1200. The summed E-state index contributed by atoms with van der Waals surface area (Å²) in [4.78, 5) is 63.7. The molecule has 2 aliphatic rings. The number of fused-ring (bicyclic) bond motifs is 1. The average molecular weight is 466 g/mol. The molecule has 0 aromatic heterocycles. The van der Waals surface area contributed by atoms with Gasteiger partial charge in [-0.25, -0.2) is 9.59 Å². The Kier molecular flexibility index (Phi) is 6.42. The molecule has 0 bridgehead atoms. The van der Waals surface area contributed by atoms with Gasteiger partial charge in [0.1, 0.15) is 0 Å². The number of hydrogen-bond donors (Lipinski definition) is 1. The first kappa shape index (κ1) is 23.1. The minimum absolute atomic E-state index is 0.0265. The summed E-state index contributed by atoms with van der Waals surface area (Å²) in [5, 5.41) is 2.57. The SMILES string of the molecule is COC(=O)c1ccc(C(=O)OC)c(NC(=O)c2ccc3c(c2)C(=O)N(CC2CCCO2)C3=O)c1. The molecule has 0 saturated carbocycles. The summed E-state index contributed by atoms with van der Waals surface area (Å²) >= 11 is 0. The second-order valence-electron chi connectivity index (χ2n) is 7.81. The first-order valence-corrected chi connectivity index (χ1v) is 10.6. The number of imide groups is 1. The van der Waals surface area contributed by atoms with Crippen LogP contribution in [-0.4, -0.2) is 68.0 Å². The molecule has 1 unspecified atom stereocenters. The third-order valence-electron chi connectivity index (χ3n) is 5.74. The number of carbonyl (C=O) groups is 5. The van der Waals surface area contributed by atoms with Crippen molar-refractivity contribution < 1.29 is 38.2 Å². The Hall–Kier alpha value is -4.05. The molecule has 1 fully saturated rings. The van der Waals surface area contributed by atoms with Crippen LogP contribution < -0.4 is 5.32 Å². The van der Waals surface area contributed by atoms with Gasteiger partial charge < -0.3 is 19.5 Å². The number of methoxy groups -OCH3 is 2. The third kappa shape index (κ3) is 4.27. The predicted molar refractivity (Wildman–Crippen MR) is 118 cm³/mol. The summed E-state index contributed by atoms with van der Waals surface area (Å²) in [7, 11) is 2.40. The van der Waals surface area contributed by atoms with Gasteiger partial charge >= 0.3 is 11.9 Å². The van der Waals surface area contributed by atoms with Crippen molar-refractivity contribution >= 4 is 35.3 Å². The van der Waals surface area contributed by atoms with Crippen LogP contribution in [0.25, 0.3) is 0 Å². The second-order valence-corrected chi connectivity index (χ2v) is 7.81. The van der Waals surface area contributed by atoms with E-state index in [2.05, 4.69) is 10.1 Å². The number of hydrogen-bond acceptors (Lipinski definition) is 8. The van der Waals surface area contributed by atoms with Crippen molar-refractivity contribution in [3.63, 3.8) is 0 Å². The van der Waals surface area contributed by atoms with Gasteiger partial charge in [-0.15, -0.1) is 0 Å². The number of benzene rings is 2. The summed E-state index contributed by atoms with van der Waals surface area (Å²) < 4.78 is 15.0. The number of rotatable bonds is 6. The number of nitrogens with one attached hydrogen (secondary N) is 1. The van der Waals surface area contributed by atoms with E-state index < -0.39 is 29.7 Å². The van der Waals surface area contributed by atoms with E-state index in [0.717, 1.165) is 17.7 Å². The largest absolute Gasteiger partial charge is 0.465 e. The summed E-state index contributed by atoms with van der Waals surface area (Å²) in [6, 6.07) is 8.17. The zero-order valence-electron chi connectivity index (χ0n) is 18.6. The van der Waals surface area contributed by atoms with Crippen LogP contribution in [0.15, 0.2) is 36.4 Å². The Morgan fingerprint density at radius 1 is 0.971 bits per heavy atom. The lowest BCUT2D eigenvalue weighted by Gasteiger charge is -2.17. The Labute approximate surface area is 194 Å². The van der Waals surface area contributed by atoms with Crippen molar-refractivity contribution in [2.24, 2.45) is 0 Å². The van der Waals surface area contributed by atoms with Gasteiger partial charge in [-0.05, 0) is 49.2 Å². The summed E-state index contributed by atoms with van der Waals surface area (Å²) in [5.74, 6) is -2.94. The maximum atomic E-state index is 13.0. The molecular formula is C24H22N2O8. The molecule has 2 aromatic rings. The first-order chi connectivity index (χ1) is 16.3. The van der Waals surface area contributed by atoms with E-state index in [4.69, 9.17) is 9.47 Å². The second kappa shape index (κ2) is 9.44. The van der Waals surface area contributed by atoms with E-state index in [0.29, 0.717) is 6.61 Å². The number of carbonyl (C=O) groups excluding carboxylic acids is 5. The maximum absolute atomic E-state index is 13.0. The lowest BCUT2D eigenvalue weighted by Crippen LogP contribution is -2.36. The highest BCUT2D eigenvalue weighted by molar-refractivity contribution is 6.22. The molecule has 2 aliphatic heterocycles. The molecule has 1 saturated heterocycles.